The van der Waals surface area contributed by atoms with Crippen molar-refractivity contribution in [3.8, 4) is 11.5 Å². The molecule has 4 rings (SSSR count). The molecule has 1 aliphatic heterocycles. The lowest BCUT2D eigenvalue weighted by atomic mass is 9.90. The molecule has 2 aliphatic carbocycles. The number of benzene rings is 1. The van der Waals surface area contributed by atoms with Crippen LogP contribution in [0.15, 0.2) is 24.3 Å². The van der Waals surface area contributed by atoms with E-state index in [4.69, 9.17) is 9.47 Å². The number of nitrogens with zero attached hydrogens (tertiary/aromatic N) is 1. The summed E-state index contributed by atoms with van der Waals surface area (Å²) in [6, 6.07) is 8.49. The Labute approximate surface area is 172 Å². The minimum Gasteiger partial charge on any atom is -0.489 e. The molecule has 3 fully saturated rings. The molecule has 3 N–H and O–H groups in total. The highest BCUT2D eigenvalue weighted by Gasteiger charge is 2.31. The SMILES string of the molecule is O=C1NCCN1C1CCC(NC[C@H](O)COc2ccccc2OCC2CC2)CC1. The average Bonchev–Trinajstić information content (AvgIpc) is 3.49. The molecule has 0 bridgehead atoms. The van der Waals surface area contributed by atoms with Crippen LogP contribution < -0.4 is 20.1 Å². The van der Waals surface area contributed by atoms with Gasteiger partial charge in [-0.25, -0.2) is 4.79 Å². The molecule has 2 saturated carbocycles. The number of ether oxygens (including phenoxy) is 2. The van der Waals surface area contributed by atoms with Crippen LogP contribution in [-0.2, 0) is 0 Å². The van der Waals surface area contributed by atoms with Gasteiger partial charge in [0.15, 0.2) is 11.5 Å². The molecule has 1 heterocycles. The number of nitrogens with one attached hydrogen (secondary N) is 2. The summed E-state index contributed by atoms with van der Waals surface area (Å²) in [5, 5.41) is 16.7. The number of carbonyl (C=O) groups excluding carboxylic acids is 1. The number of aliphatic hydroxyl groups is 1. The second-order valence-corrected chi connectivity index (χ2v) is 8.50. The van der Waals surface area contributed by atoms with Crippen molar-refractivity contribution in [1.82, 2.24) is 15.5 Å². The molecule has 0 unspecified atom stereocenters. The summed E-state index contributed by atoms with van der Waals surface area (Å²) < 4.78 is 11.7. The van der Waals surface area contributed by atoms with Gasteiger partial charge in [-0.15, -0.1) is 0 Å². The third-order valence-corrected chi connectivity index (χ3v) is 6.12. The van der Waals surface area contributed by atoms with Crippen molar-refractivity contribution < 1.29 is 19.4 Å². The molecule has 160 valence electrons. The van der Waals surface area contributed by atoms with Crippen LogP contribution in [-0.4, -0.2) is 67.1 Å². The molecule has 0 spiro atoms. The lowest BCUT2D eigenvalue weighted by Crippen LogP contribution is -2.45. The van der Waals surface area contributed by atoms with Crippen LogP contribution in [0.4, 0.5) is 4.79 Å². The van der Waals surface area contributed by atoms with E-state index in [2.05, 4.69) is 10.6 Å². The summed E-state index contributed by atoms with van der Waals surface area (Å²) in [5.41, 5.74) is 0. The second-order valence-electron chi connectivity index (χ2n) is 8.50. The van der Waals surface area contributed by atoms with Gasteiger partial charge in [-0.05, 0) is 56.6 Å². The third-order valence-electron chi connectivity index (χ3n) is 6.12. The normalized spacial score (nSPS) is 25.6. The van der Waals surface area contributed by atoms with E-state index in [1.807, 2.05) is 29.2 Å². The molecule has 0 aromatic heterocycles. The Balaban J connectivity index is 1.14. The topological polar surface area (TPSA) is 83.1 Å². The summed E-state index contributed by atoms with van der Waals surface area (Å²) >= 11 is 0. The molecule has 1 aromatic rings. The third kappa shape index (κ3) is 5.76. The Bertz CT molecular complexity index is 674. The fraction of sp³-hybridized carbons (Fsp3) is 0.682. The first-order chi connectivity index (χ1) is 14.2. The number of amides is 2. The van der Waals surface area contributed by atoms with Gasteiger partial charge < -0.3 is 30.1 Å². The number of para-hydroxylation sites is 2. The molecule has 0 radical (unpaired) electrons. The van der Waals surface area contributed by atoms with Crippen LogP contribution in [0.2, 0.25) is 0 Å². The Morgan fingerprint density at radius 3 is 2.48 bits per heavy atom. The molecule has 29 heavy (non-hydrogen) atoms. The Hall–Kier alpha value is -1.99. The molecular weight excluding hydrogens is 370 g/mol. The van der Waals surface area contributed by atoms with Gasteiger partial charge >= 0.3 is 6.03 Å². The van der Waals surface area contributed by atoms with Crippen molar-refractivity contribution in [3.05, 3.63) is 24.3 Å². The smallest absolute Gasteiger partial charge is 0.317 e. The minimum absolute atomic E-state index is 0.0790. The highest BCUT2D eigenvalue weighted by atomic mass is 16.5. The first kappa shape index (κ1) is 20.3. The van der Waals surface area contributed by atoms with Crippen LogP contribution in [0.5, 0.6) is 11.5 Å². The summed E-state index contributed by atoms with van der Waals surface area (Å²) in [6.07, 6.45) is 6.02. The van der Waals surface area contributed by atoms with Crippen LogP contribution in [0.25, 0.3) is 0 Å². The predicted molar refractivity (Wildman–Crippen MR) is 110 cm³/mol. The van der Waals surface area contributed by atoms with Crippen molar-refractivity contribution in [2.45, 2.75) is 56.7 Å². The van der Waals surface area contributed by atoms with Gasteiger partial charge in [0, 0.05) is 31.7 Å². The first-order valence-corrected chi connectivity index (χ1v) is 11.0. The lowest BCUT2D eigenvalue weighted by molar-refractivity contribution is 0.0971. The highest BCUT2D eigenvalue weighted by Crippen LogP contribution is 2.32. The average molecular weight is 404 g/mol. The molecule has 1 aromatic carbocycles. The van der Waals surface area contributed by atoms with Crippen LogP contribution in [0.3, 0.4) is 0 Å². The quantitative estimate of drug-likeness (QED) is 0.558. The summed E-state index contributed by atoms with van der Waals surface area (Å²) in [6.45, 7) is 3.07. The van der Waals surface area contributed by atoms with E-state index in [0.717, 1.165) is 51.1 Å². The fourth-order valence-corrected chi connectivity index (χ4v) is 4.15. The van der Waals surface area contributed by atoms with E-state index in [9.17, 15) is 9.90 Å². The van der Waals surface area contributed by atoms with E-state index >= 15 is 0 Å². The number of aliphatic hydroxyl groups excluding tert-OH is 1. The van der Waals surface area contributed by atoms with Gasteiger partial charge in [0.05, 0.1) is 6.61 Å². The Kier molecular flexibility index (Phi) is 6.77. The molecular formula is C22H33N3O4. The number of hydrogen-bond donors (Lipinski definition) is 3. The van der Waals surface area contributed by atoms with Gasteiger partial charge in [0.25, 0.3) is 0 Å². The molecule has 7 nitrogen and oxygen atoms in total. The van der Waals surface area contributed by atoms with Gasteiger partial charge in [-0.3, -0.25) is 0 Å². The number of urea groups is 1. The zero-order chi connectivity index (χ0) is 20.1. The standard InChI is InChI=1S/C22H33N3O4/c26-19(15-29-21-4-2-1-3-20(21)28-14-16-5-6-16)13-24-17-7-9-18(10-8-17)25-12-11-23-22(25)27/h1-4,16-19,24,26H,5-15H2,(H,23,27)/t17?,18?,19-/m0/s1. The van der Waals surface area contributed by atoms with E-state index in [-0.39, 0.29) is 12.6 Å². The predicted octanol–water partition coefficient (Wildman–Crippen LogP) is 2.14. The second kappa shape index (κ2) is 9.67. The lowest BCUT2D eigenvalue weighted by Gasteiger charge is -2.34. The molecule has 1 atom stereocenters. The van der Waals surface area contributed by atoms with Gasteiger partial charge in [0.2, 0.25) is 0 Å². The van der Waals surface area contributed by atoms with Crippen LogP contribution >= 0.6 is 0 Å². The Morgan fingerprint density at radius 2 is 1.83 bits per heavy atom. The monoisotopic (exact) mass is 403 g/mol. The van der Waals surface area contributed by atoms with Crippen LogP contribution in [0.1, 0.15) is 38.5 Å². The molecule has 1 saturated heterocycles. The van der Waals surface area contributed by atoms with Crippen LogP contribution in [0, 0.1) is 5.92 Å². The van der Waals surface area contributed by atoms with E-state index < -0.39 is 6.10 Å². The maximum absolute atomic E-state index is 11.8. The van der Waals surface area contributed by atoms with E-state index in [1.165, 1.54) is 12.8 Å². The summed E-state index contributed by atoms with van der Waals surface area (Å²) in [4.78, 5) is 13.8. The number of rotatable bonds is 10. The maximum Gasteiger partial charge on any atom is 0.317 e. The number of hydrogen-bond acceptors (Lipinski definition) is 5. The van der Waals surface area contributed by atoms with E-state index in [1.54, 1.807) is 0 Å². The van der Waals surface area contributed by atoms with Crippen molar-refractivity contribution in [2.75, 3.05) is 32.8 Å². The molecule has 3 aliphatic rings. The summed E-state index contributed by atoms with van der Waals surface area (Å²) in [7, 11) is 0. The summed E-state index contributed by atoms with van der Waals surface area (Å²) in [5.74, 6) is 2.13. The van der Waals surface area contributed by atoms with Crippen molar-refractivity contribution in [1.29, 1.82) is 0 Å². The minimum atomic E-state index is -0.575. The van der Waals surface area contributed by atoms with Gasteiger partial charge in [-0.1, -0.05) is 12.1 Å². The van der Waals surface area contributed by atoms with Crippen molar-refractivity contribution in [3.63, 3.8) is 0 Å². The maximum atomic E-state index is 11.8. The Morgan fingerprint density at radius 1 is 1.10 bits per heavy atom. The highest BCUT2D eigenvalue weighted by molar-refractivity contribution is 5.76. The zero-order valence-corrected chi connectivity index (χ0v) is 17.0. The first-order valence-electron chi connectivity index (χ1n) is 11.0. The molecule has 2 amide bonds. The van der Waals surface area contributed by atoms with Gasteiger partial charge in [0.1, 0.15) is 12.7 Å². The fourth-order valence-electron chi connectivity index (χ4n) is 4.15. The van der Waals surface area contributed by atoms with E-state index in [0.29, 0.717) is 30.3 Å². The largest absolute Gasteiger partial charge is 0.489 e. The van der Waals surface area contributed by atoms with Crippen molar-refractivity contribution >= 4 is 6.03 Å². The zero-order valence-electron chi connectivity index (χ0n) is 17.0. The van der Waals surface area contributed by atoms with Crippen molar-refractivity contribution in [2.24, 2.45) is 5.92 Å². The molecule has 7 heteroatoms. The van der Waals surface area contributed by atoms with Gasteiger partial charge in [-0.2, -0.15) is 0 Å². The number of carbonyl (C=O) groups is 1.